The van der Waals surface area contributed by atoms with Gasteiger partial charge in [-0.3, -0.25) is 4.99 Å². The first-order valence-electron chi connectivity index (χ1n) is 11.4. The summed E-state index contributed by atoms with van der Waals surface area (Å²) in [7, 11) is 6.99. The topological polar surface area (TPSA) is 89.7 Å². The molecule has 1 spiro atoms. The quantitative estimate of drug-likeness (QED) is 0.690. The largest absolute Gasteiger partial charge is 0.386 e. The van der Waals surface area contributed by atoms with Crippen molar-refractivity contribution in [3.05, 3.63) is 0 Å². The Balaban J connectivity index is 1.61. The molecule has 5 aliphatic carbocycles. The molecule has 168 valence electrons. The monoisotopic (exact) mass is 421 g/mol. The van der Waals surface area contributed by atoms with E-state index in [0.29, 0.717) is 19.4 Å². The fourth-order valence-electron chi connectivity index (χ4n) is 9.86. The number of aliphatic hydroxyl groups is 2. The lowest BCUT2D eigenvalue weighted by Gasteiger charge is -2.65. The third kappa shape index (κ3) is 1.83. The summed E-state index contributed by atoms with van der Waals surface area (Å²) < 4.78 is 23.8. The molecule has 12 atom stereocenters. The van der Waals surface area contributed by atoms with E-state index in [2.05, 4.69) is 6.21 Å². The fourth-order valence-corrected chi connectivity index (χ4v) is 9.86. The predicted molar refractivity (Wildman–Crippen MR) is 108 cm³/mol. The van der Waals surface area contributed by atoms with Gasteiger partial charge in [0.25, 0.3) is 0 Å². The summed E-state index contributed by atoms with van der Waals surface area (Å²) in [4.78, 5) is 5.06. The van der Waals surface area contributed by atoms with E-state index in [0.717, 1.165) is 19.3 Å². The third-order valence-corrected chi connectivity index (χ3v) is 10.6. The van der Waals surface area contributed by atoms with Crippen LogP contribution in [0.15, 0.2) is 4.99 Å². The van der Waals surface area contributed by atoms with E-state index in [1.54, 1.807) is 28.4 Å². The van der Waals surface area contributed by atoms with Gasteiger partial charge in [-0.05, 0) is 37.5 Å². The highest BCUT2D eigenvalue weighted by Gasteiger charge is 2.87. The number of hydrogen-bond donors (Lipinski definition) is 2. The van der Waals surface area contributed by atoms with E-state index < -0.39 is 11.2 Å². The number of nitrogens with zero attached hydrogens (tertiary/aromatic N) is 1. The molecular weight excluding hydrogens is 386 g/mol. The maximum Gasteiger partial charge on any atom is 0.117 e. The van der Waals surface area contributed by atoms with Gasteiger partial charge in [0.15, 0.2) is 0 Å². The zero-order valence-electron chi connectivity index (χ0n) is 18.4. The summed E-state index contributed by atoms with van der Waals surface area (Å²) in [5.74, 6) is 0.436. The minimum atomic E-state index is -1.31. The van der Waals surface area contributed by atoms with Crippen LogP contribution < -0.4 is 0 Å². The maximum absolute atomic E-state index is 12.4. The molecule has 0 saturated heterocycles. The highest BCUT2D eigenvalue weighted by molar-refractivity contribution is 5.71. The van der Waals surface area contributed by atoms with Crippen LogP contribution in [-0.2, 0) is 18.9 Å². The second-order valence-corrected chi connectivity index (χ2v) is 10.9. The minimum absolute atomic E-state index is 0.0105. The molecule has 0 amide bonds. The molecule has 7 nitrogen and oxygen atoms in total. The molecule has 6 rings (SSSR count). The van der Waals surface area contributed by atoms with Crippen LogP contribution in [0.2, 0.25) is 0 Å². The van der Waals surface area contributed by atoms with Gasteiger partial charge in [0.1, 0.15) is 11.2 Å². The van der Waals surface area contributed by atoms with E-state index >= 15 is 0 Å². The molecule has 0 aromatic heterocycles. The lowest BCUT2D eigenvalue weighted by atomic mass is 9.44. The zero-order chi connectivity index (χ0) is 21.1. The molecule has 30 heavy (non-hydrogen) atoms. The van der Waals surface area contributed by atoms with Crippen LogP contribution in [0.4, 0.5) is 0 Å². The summed E-state index contributed by atoms with van der Waals surface area (Å²) in [6.45, 7) is 0.593. The van der Waals surface area contributed by atoms with Crippen LogP contribution in [0, 0.1) is 34.5 Å². The molecule has 1 aliphatic heterocycles. The molecule has 0 aromatic carbocycles. The summed E-state index contributed by atoms with van der Waals surface area (Å²) >= 11 is 0. The Kier molecular flexibility index (Phi) is 4.05. The van der Waals surface area contributed by atoms with Gasteiger partial charge in [-0.15, -0.1) is 0 Å². The van der Waals surface area contributed by atoms with Crippen molar-refractivity contribution in [2.24, 2.45) is 39.5 Å². The first-order valence-corrected chi connectivity index (χ1v) is 11.4. The summed E-state index contributed by atoms with van der Waals surface area (Å²) in [5.41, 5.74) is -3.10. The van der Waals surface area contributed by atoms with Crippen molar-refractivity contribution < 1.29 is 29.2 Å². The van der Waals surface area contributed by atoms with Crippen molar-refractivity contribution >= 4 is 6.21 Å². The van der Waals surface area contributed by atoms with Crippen LogP contribution in [0.25, 0.3) is 0 Å². The molecule has 6 aliphatic rings. The van der Waals surface area contributed by atoms with Gasteiger partial charge in [0.05, 0.1) is 31.0 Å². The van der Waals surface area contributed by atoms with Crippen LogP contribution in [0.1, 0.15) is 32.1 Å². The number of methoxy groups -OCH3 is 4. The van der Waals surface area contributed by atoms with Gasteiger partial charge >= 0.3 is 0 Å². The lowest BCUT2D eigenvalue weighted by molar-refractivity contribution is -0.283. The van der Waals surface area contributed by atoms with Crippen molar-refractivity contribution in [3.63, 3.8) is 0 Å². The number of rotatable bonds is 5. The highest BCUT2D eigenvalue weighted by atomic mass is 16.5. The lowest BCUT2D eigenvalue weighted by Crippen LogP contribution is -2.76. The Morgan fingerprint density at radius 2 is 1.83 bits per heavy atom. The summed E-state index contributed by atoms with van der Waals surface area (Å²) in [6, 6.07) is -0.358. The maximum atomic E-state index is 12.4. The number of fused-ring (bicyclic) bond motifs is 2. The van der Waals surface area contributed by atoms with Crippen LogP contribution >= 0.6 is 0 Å². The number of hydrogen-bond acceptors (Lipinski definition) is 7. The number of aliphatic imine (C=N–C) groups is 1. The Morgan fingerprint density at radius 1 is 1.03 bits per heavy atom. The smallest absolute Gasteiger partial charge is 0.117 e. The van der Waals surface area contributed by atoms with Crippen LogP contribution in [0.3, 0.4) is 0 Å². The third-order valence-electron chi connectivity index (χ3n) is 10.6. The van der Waals surface area contributed by atoms with Crippen molar-refractivity contribution in [2.75, 3.05) is 35.0 Å². The van der Waals surface area contributed by atoms with E-state index in [1.807, 2.05) is 0 Å². The second kappa shape index (κ2) is 6.06. The van der Waals surface area contributed by atoms with Gasteiger partial charge in [-0.1, -0.05) is 0 Å². The summed E-state index contributed by atoms with van der Waals surface area (Å²) in [6.07, 6.45) is 5.58. The standard InChI is InChI=1S/C23H35NO6/c1-27-11-20-6-5-16(29-3)23-13-7-12-14(28-2)8-21(25,17(13)18(12)30-4)22(26,9-15(20)23)19(23)24-10-20/h10,12-19,25-26H,5-9,11H2,1-4H3/t12-,13?,14+,15?,16+,17?,18?,19?,20+,21-,22+,23-/m1/s1. The highest BCUT2D eigenvalue weighted by Crippen LogP contribution is 2.79. The number of ether oxygens (including phenoxy) is 4. The average molecular weight is 422 g/mol. The fraction of sp³-hybridized carbons (Fsp3) is 0.957. The normalized spacial score (nSPS) is 62.1. The van der Waals surface area contributed by atoms with Crippen molar-refractivity contribution in [2.45, 2.75) is 67.7 Å². The van der Waals surface area contributed by atoms with Gasteiger partial charge in [-0.25, -0.2) is 0 Å². The van der Waals surface area contributed by atoms with Gasteiger partial charge in [0.2, 0.25) is 0 Å². The predicted octanol–water partition coefficient (Wildman–Crippen LogP) is 1.05. The van der Waals surface area contributed by atoms with E-state index in [4.69, 9.17) is 23.9 Å². The molecule has 1 heterocycles. The molecule has 7 heteroatoms. The minimum Gasteiger partial charge on any atom is -0.386 e. The second-order valence-electron chi connectivity index (χ2n) is 10.9. The molecule has 5 fully saturated rings. The SMILES string of the molecule is COC[C@]12C=NC3[C@@]4(C5C[C@H]6C(OC)C5[C@](O)(C[C@@H]6OC)[C@]3(O)CC14)[C@@H](OC)CC2. The Bertz CT molecular complexity index is 777. The van der Waals surface area contributed by atoms with Gasteiger partial charge in [0, 0.05) is 63.7 Å². The summed E-state index contributed by atoms with van der Waals surface area (Å²) in [5, 5.41) is 24.7. The molecule has 0 aromatic rings. The molecule has 0 radical (unpaired) electrons. The van der Waals surface area contributed by atoms with Crippen molar-refractivity contribution in [1.82, 2.24) is 0 Å². The Morgan fingerprint density at radius 3 is 2.50 bits per heavy atom. The first kappa shape index (κ1) is 20.1. The van der Waals surface area contributed by atoms with Crippen molar-refractivity contribution in [1.29, 1.82) is 0 Å². The van der Waals surface area contributed by atoms with Crippen LogP contribution in [0.5, 0.6) is 0 Å². The van der Waals surface area contributed by atoms with Gasteiger partial charge < -0.3 is 29.2 Å². The molecule has 7 bridgehead atoms. The average Bonchev–Trinajstić information content (AvgIpc) is 3.14. The first-order chi connectivity index (χ1) is 14.4. The molecule has 5 unspecified atom stereocenters. The molecular formula is C23H35NO6. The molecule has 5 saturated carbocycles. The Hall–Kier alpha value is -0.570. The van der Waals surface area contributed by atoms with E-state index in [1.165, 1.54) is 0 Å². The zero-order valence-corrected chi connectivity index (χ0v) is 18.4. The van der Waals surface area contributed by atoms with E-state index in [9.17, 15) is 10.2 Å². The van der Waals surface area contributed by atoms with E-state index in [-0.39, 0.29) is 58.9 Å². The molecule has 2 N–H and O–H groups in total. The van der Waals surface area contributed by atoms with Crippen LogP contribution in [-0.4, -0.2) is 87.0 Å². The van der Waals surface area contributed by atoms with Crippen molar-refractivity contribution in [3.8, 4) is 0 Å². The van der Waals surface area contributed by atoms with Gasteiger partial charge in [-0.2, -0.15) is 0 Å². The Labute approximate surface area is 178 Å².